The van der Waals surface area contributed by atoms with Gasteiger partial charge in [-0.1, -0.05) is 12.5 Å². The Morgan fingerprint density at radius 3 is 2.21 bits per heavy atom. The van der Waals surface area contributed by atoms with Crippen LogP contribution in [0.1, 0.15) is 19.3 Å². The summed E-state index contributed by atoms with van der Waals surface area (Å²) in [4.78, 5) is 26.1. The van der Waals surface area contributed by atoms with Crippen molar-refractivity contribution in [2.24, 2.45) is 0 Å². The number of likely N-dealkylation sites (N-methyl/N-ethyl adjacent to an activating group) is 1. The fourth-order valence-electron chi connectivity index (χ4n) is 3.71. The molecule has 2 N–H and O–H groups in total. The Kier molecular flexibility index (Phi) is 8.59. The number of nitrogens with one attached hydrogen (secondary N) is 2. The van der Waals surface area contributed by atoms with Crippen molar-refractivity contribution in [3.8, 4) is 5.75 Å². The summed E-state index contributed by atoms with van der Waals surface area (Å²) >= 11 is 0. The van der Waals surface area contributed by atoms with Gasteiger partial charge in [-0.25, -0.2) is 12.8 Å². The highest BCUT2D eigenvalue weighted by Gasteiger charge is 2.29. The van der Waals surface area contributed by atoms with Crippen molar-refractivity contribution in [2.75, 3.05) is 51.0 Å². The first-order chi connectivity index (χ1) is 16.2. The maximum Gasteiger partial charge on any atom is 0.246 e. The number of nitrogens with zero attached hydrogens (tertiary/aromatic N) is 2. The summed E-state index contributed by atoms with van der Waals surface area (Å²) in [7, 11) is -0.784. The molecule has 34 heavy (non-hydrogen) atoms. The summed E-state index contributed by atoms with van der Waals surface area (Å²) in [5.41, 5.74) is 0.627. The Morgan fingerprint density at radius 2 is 1.62 bits per heavy atom. The molecule has 2 amide bonds. The largest absolute Gasteiger partial charge is 0.495 e. The molecule has 0 unspecified atom stereocenters. The molecule has 184 valence electrons. The number of carbonyl (C=O) groups is 2. The van der Waals surface area contributed by atoms with Crippen LogP contribution in [-0.2, 0) is 19.6 Å². The van der Waals surface area contributed by atoms with Crippen LogP contribution in [0.25, 0.3) is 0 Å². The molecule has 0 bridgehead atoms. The Balaban J connectivity index is 1.61. The second-order valence-corrected chi connectivity index (χ2v) is 10.0. The van der Waals surface area contributed by atoms with Crippen LogP contribution in [0.3, 0.4) is 0 Å². The summed E-state index contributed by atoms with van der Waals surface area (Å²) in [6.07, 6.45) is 2.60. The summed E-state index contributed by atoms with van der Waals surface area (Å²) < 4.78 is 46.2. The highest BCUT2D eigenvalue weighted by atomic mass is 32.2. The van der Waals surface area contributed by atoms with Crippen molar-refractivity contribution in [2.45, 2.75) is 24.2 Å². The van der Waals surface area contributed by atoms with E-state index in [9.17, 15) is 22.4 Å². The SMILES string of the molecule is COc1ccc(NC(=O)CN(C)CC(=O)Nc2cccc(F)c2)cc1S(=O)(=O)N1CCCCC1. The van der Waals surface area contributed by atoms with Gasteiger partial charge in [0.05, 0.1) is 20.2 Å². The first-order valence-electron chi connectivity index (χ1n) is 10.9. The summed E-state index contributed by atoms with van der Waals surface area (Å²) in [6.45, 7) is 0.688. The standard InChI is InChI=1S/C23H29FN4O5S/c1-27(15-22(29)25-18-8-6-7-17(24)13-18)16-23(30)26-19-9-10-20(33-2)21(14-19)34(31,32)28-11-4-3-5-12-28/h6-10,13-14H,3-5,11-12,15-16H2,1-2H3,(H,25,29)(H,26,30). The first kappa shape index (κ1) is 25.6. The summed E-state index contributed by atoms with van der Waals surface area (Å²) in [5, 5.41) is 5.24. The number of anilines is 2. The number of carbonyl (C=O) groups excluding carboxylic acids is 2. The van der Waals surface area contributed by atoms with Gasteiger partial charge in [-0.05, 0) is 56.3 Å². The van der Waals surface area contributed by atoms with Gasteiger partial charge in [-0.2, -0.15) is 4.31 Å². The van der Waals surface area contributed by atoms with E-state index < -0.39 is 27.7 Å². The molecule has 1 aliphatic heterocycles. The first-order valence-corrected chi connectivity index (χ1v) is 12.3. The van der Waals surface area contributed by atoms with Gasteiger partial charge in [-0.3, -0.25) is 14.5 Å². The van der Waals surface area contributed by atoms with Crippen molar-refractivity contribution in [3.05, 3.63) is 48.3 Å². The van der Waals surface area contributed by atoms with E-state index in [1.54, 1.807) is 19.2 Å². The molecule has 1 saturated heterocycles. The number of halogens is 1. The fraction of sp³-hybridized carbons (Fsp3) is 0.391. The molecule has 0 radical (unpaired) electrons. The quantitative estimate of drug-likeness (QED) is 0.557. The zero-order valence-electron chi connectivity index (χ0n) is 19.2. The molecule has 1 heterocycles. The average molecular weight is 493 g/mol. The number of hydrogen-bond donors (Lipinski definition) is 2. The van der Waals surface area contributed by atoms with Crippen LogP contribution in [0.4, 0.5) is 15.8 Å². The summed E-state index contributed by atoms with van der Waals surface area (Å²) in [5.74, 6) is -1.09. The highest BCUT2D eigenvalue weighted by molar-refractivity contribution is 7.89. The maximum absolute atomic E-state index is 13.3. The number of amides is 2. The molecule has 11 heteroatoms. The van der Waals surface area contributed by atoms with E-state index in [2.05, 4.69) is 10.6 Å². The van der Waals surface area contributed by atoms with E-state index in [0.717, 1.165) is 19.3 Å². The molecule has 9 nitrogen and oxygen atoms in total. The van der Waals surface area contributed by atoms with E-state index >= 15 is 0 Å². The second kappa shape index (κ2) is 11.4. The van der Waals surface area contributed by atoms with Gasteiger partial charge in [0.25, 0.3) is 0 Å². The molecule has 1 aliphatic rings. The van der Waals surface area contributed by atoms with E-state index in [-0.39, 0.29) is 23.7 Å². The Labute approximate surface area is 198 Å². The normalized spacial score (nSPS) is 14.6. The number of methoxy groups -OCH3 is 1. The fourth-order valence-corrected chi connectivity index (χ4v) is 5.41. The van der Waals surface area contributed by atoms with Crippen molar-refractivity contribution in [1.82, 2.24) is 9.21 Å². The van der Waals surface area contributed by atoms with Crippen LogP contribution in [0.15, 0.2) is 47.4 Å². The van der Waals surface area contributed by atoms with Crippen molar-refractivity contribution >= 4 is 33.2 Å². The minimum absolute atomic E-state index is 0.00229. The predicted molar refractivity (Wildman–Crippen MR) is 127 cm³/mol. The van der Waals surface area contributed by atoms with Crippen LogP contribution < -0.4 is 15.4 Å². The predicted octanol–water partition coefficient (Wildman–Crippen LogP) is 2.52. The number of rotatable bonds is 9. The third kappa shape index (κ3) is 6.75. The lowest BCUT2D eigenvalue weighted by Gasteiger charge is -2.26. The zero-order chi connectivity index (χ0) is 24.7. The maximum atomic E-state index is 13.3. The number of hydrogen-bond acceptors (Lipinski definition) is 6. The molecule has 0 spiro atoms. The van der Waals surface area contributed by atoms with Crippen LogP contribution in [-0.4, -0.2) is 69.8 Å². The third-order valence-corrected chi connectivity index (χ3v) is 7.24. The van der Waals surface area contributed by atoms with E-state index in [1.165, 1.54) is 46.6 Å². The van der Waals surface area contributed by atoms with Crippen LogP contribution in [0.5, 0.6) is 5.75 Å². The lowest BCUT2D eigenvalue weighted by molar-refractivity contribution is -0.119. The molecule has 2 aromatic carbocycles. The smallest absolute Gasteiger partial charge is 0.246 e. The number of sulfonamides is 1. The summed E-state index contributed by atoms with van der Waals surface area (Å²) in [6, 6.07) is 9.96. The van der Waals surface area contributed by atoms with Crippen molar-refractivity contribution < 1.29 is 27.1 Å². The lowest BCUT2D eigenvalue weighted by atomic mass is 10.2. The molecular formula is C23H29FN4O5S. The van der Waals surface area contributed by atoms with E-state index in [4.69, 9.17) is 4.74 Å². The van der Waals surface area contributed by atoms with E-state index in [1.807, 2.05) is 0 Å². The molecule has 3 rings (SSSR count). The van der Waals surface area contributed by atoms with Gasteiger partial charge in [0, 0.05) is 24.5 Å². The van der Waals surface area contributed by atoms with Gasteiger partial charge < -0.3 is 15.4 Å². The van der Waals surface area contributed by atoms with Crippen LogP contribution in [0.2, 0.25) is 0 Å². The second-order valence-electron chi connectivity index (χ2n) is 8.11. The monoisotopic (exact) mass is 492 g/mol. The van der Waals surface area contributed by atoms with Crippen molar-refractivity contribution in [1.29, 1.82) is 0 Å². The number of piperidine rings is 1. The van der Waals surface area contributed by atoms with Crippen LogP contribution in [0, 0.1) is 5.82 Å². The zero-order valence-corrected chi connectivity index (χ0v) is 20.0. The minimum Gasteiger partial charge on any atom is -0.495 e. The van der Waals surface area contributed by atoms with Gasteiger partial charge >= 0.3 is 0 Å². The number of ether oxygens (including phenoxy) is 1. The van der Waals surface area contributed by atoms with E-state index in [0.29, 0.717) is 24.5 Å². The van der Waals surface area contributed by atoms with Gasteiger partial charge in [0.2, 0.25) is 21.8 Å². The number of benzene rings is 2. The Bertz CT molecular complexity index is 1140. The molecule has 0 aliphatic carbocycles. The van der Waals surface area contributed by atoms with Gasteiger partial charge in [0.15, 0.2) is 0 Å². The molecule has 0 saturated carbocycles. The molecular weight excluding hydrogens is 463 g/mol. The lowest BCUT2D eigenvalue weighted by Crippen LogP contribution is -2.36. The molecule has 0 atom stereocenters. The Hall–Kier alpha value is -3.02. The van der Waals surface area contributed by atoms with Gasteiger partial charge in [0.1, 0.15) is 16.5 Å². The molecule has 2 aromatic rings. The third-order valence-electron chi connectivity index (χ3n) is 5.32. The molecule has 0 aromatic heterocycles. The van der Waals surface area contributed by atoms with Crippen molar-refractivity contribution in [3.63, 3.8) is 0 Å². The average Bonchev–Trinajstić information content (AvgIpc) is 2.79. The highest BCUT2D eigenvalue weighted by Crippen LogP contribution is 2.31. The minimum atomic E-state index is -3.77. The Morgan fingerprint density at radius 1 is 1.00 bits per heavy atom. The topological polar surface area (TPSA) is 108 Å². The molecule has 1 fully saturated rings. The van der Waals surface area contributed by atoms with Crippen LogP contribution >= 0.6 is 0 Å². The van der Waals surface area contributed by atoms with Gasteiger partial charge in [-0.15, -0.1) is 0 Å².